The second-order valence-electron chi connectivity index (χ2n) is 2.02. The Bertz CT molecular complexity index is 301. The molecule has 11 heavy (non-hydrogen) atoms. The first-order valence-electron chi connectivity index (χ1n) is 2.88. The normalized spacial score (nSPS) is 9.64. The van der Waals surface area contributed by atoms with Gasteiger partial charge in [0, 0.05) is 12.3 Å². The van der Waals surface area contributed by atoms with E-state index in [1.807, 2.05) is 0 Å². The highest BCUT2D eigenvalue weighted by Crippen LogP contribution is 2.19. The average Bonchev–Trinajstić information content (AvgIpc) is 1.94. The zero-order chi connectivity index (χ0) is 8.43. The molecule has 0 aliphatic rings. The summed E-state index contributed by atoms with van der Waals surface area (Å²) in [5.74, 6) is 0. The van der Waals surface area contributed by atoms with Crippen molar-refractivity contribution in [1.82, 2.24) is 4.98 Å². The van der Waals surface area contributed by atoms with Crippen molar-refractivity contribution < 1.29 is 4.92 Å². The second-order valence-corrected chi connectivity index (χ2v) is 2.45. The maximum Gasteiger partial charge on any atom is 0.291 e. The summed E-state index contributed by atoms with van der Waals surface area (Å²) in [7, 11) is 0. The predicted octanol–water partition coefficient (Wildman–Crippen LogP) is 1.95. The zero-order valence-electron chi connectivity index (χ0n) is 5.74. The van der Waals surface area contributed by atoms with E-state index >= 15 is 0 Å². The van der Waals surface area contributed by atoms with Crippen molar-refractivity contribution in [2.24, 2.45) is 0 Å². The molecule has 0 unspecified atom stereocenters. The van der Waals surface area contributed by atoms with Crippen LogP contribution in [0.4, 0.5) is 5.69 Å². The predicted molar refractivity (Wildman–Crippen MR) is 40.6 cm³/mol. The smallest absolute Gasteiger partial charge is 0.258 e. The summed E-state index contributed by atoms with van der Waals surface area (Å²) in [4.78, 5) is 13.5. The van der Waals surface area contributed by atoms with Gasteiger partial charge in [0.1, 0.15) is 5.69 Å². The van der Waals surface area contributed by atoms with Crippen LogP contribution in [0, 0.1) is 17.0 Å². The standard InChI is InChI=1S/C6H5ClN2O2/c1-4-6(9(10)11)2-5(7)3-8-4/h2-3H,1H3. The Hall–Kier alpha value is -1.16. The lowest BCUT2D eigenvalue weighted by Crippen LogP contribution is -1.93. The van der Waals surface area contributed by atoms with Gasteiger partial charge in [-0.05, 0) is 6.92 Å². The van der Waals surface area contributed by atoms with Gasteiger partial charge in [-0.3, -0.25) is 15.1 Å². The minimum atomic E-state index is -0.506. The van der Waals surface area contributed by atoms with Crippen molar-refractivity contribution in [3.8, 4) is 0 Å². The van der Waals surface area contributed by atoms with Crippen LogP contribution < -0.4 is 0 Å². The number of nitro groups is 1. The Balaban J connectivity index is 3.23. The largest absolute Gasteiger partial charge is 0.291 e. The van der Waals surface area contributed by atoms with Gasteiger partial charge in [0.15, 0.2) is 0 Å². The summed E-state index contributed by atoms with van der Waals surface area (Å²) in [5.41, 5.74) is 0.330. The van der Waals surface area contributed by atoms with Crippen molar-refractivity contribution in [3.63, 3.8) is 0 Å². The molecule has 4 nitrogen and oxygen atoms in total. The van der Waals surface area contributed by atoms with Gasteiger partial charge in [0.2, 0.25) is 0 Å². The van der Waals surface area contributed by atoms with Crippen molar-refractivity contribution in [2.75, 3.05) is 0 Å². The average molecular weight is 173 g/mol. The molecule has 0 fully saturated rings. The molecule has 58 valence electrons. The highest BCUT2D eigenvalue weighted by Gasteiger charge is 2.10. The van der Waals surface area contributed by atoms with Crippen LogP contribution in [0.25, 0.3) is 0 Å². The number of aromatic nitrogens is 1. The molecule has 0 N–H and O–H groups in total. The fourth-order valence-corrected chi connectivity index (χ4v) is 0.834. The van der Waals surface area contributed by atoms with E-state index in [0.29, 0.717) is 5.69 Å². The van der Waals surface area contributed by atoms with Gasteiger partial charge in [0.25, 0.3) is 5.69 Å². The molecule has 0 spiro atoms. The molecule has 0 atom stereocenters. The molecule has 0 amide bonds. The Kier molecular flexibility index (Phi) is 2.05. The van der Waals surface area contributed by atoms with Crippen molar-refractivity contribution in [3.05, 3.63) is 33.1 Å². The molecule has 0 radical (unpaired) electrons. The Morgan fingerprint density at radius 1 is 1.73 bits per heavy atom. The van der Waals surface area contributed by atoms with Gasteiger partial charge in [0.05, 0.1) is 9.95 Å². The maximum absolute atomic E-state index is 10.3. The Morgan fingerprint density at radius 3 is 2.82 bits per heavy atom. The van der Waals surface area contributed by atoms with Crippen molar-refractivity contribution in [2.45, 2.75) is 6.92 Å². The van der Waals surface area contributed by atoms with E-state index < -0.39 is 4.92 Å². The third-order valence-corrected chi connectivity index (χ3v) is 1.43. The lowest BCUT2D eigenvalue weighted by atomic mass is 10.3. The lowest BCUT2D eigenvalue weighted by molar-refractivity contribution is -0.385. The summed E-state index contributed by atoms with van der Waals surface area (Å²) in [6.45, 7) is 1.56. The van der Waals surface area contributed by atoms with E-state index in [1.165, 1.54) is 12.3 Å². The number of hydrogen-bond acceptors (Lipinski definition) is 3. The number of hydrogen-bond donors (Lipinski definition) is 0. The van der Waals surface area contributed by atoms with Crippen LogP contribution in [0.5, 0.6) is 0 Å². The molecule has 0 saturated heterocycles. The van der Waals surface area contributed by atoms with E-state index in [4.69, 9.17) is 11.6 Å². The molecule has 0 aliphatic heterocycles. The molecular weight excluding hydrogens is 168 g/mol. The minimum Gasteiger partial charge on any atom is -0.258 e. The molecule has 1 aromatic rings. The Morgan fingerprint density at radius 2 is 2.36 bits per heavy atom. The van der Waals surface area contributed by atoms with E-state index in [0.717, 1.165) is 0 Å². The first kappa shape index (κ1) is 7.94. The maximum atomic E-state index is 10.3. The molecule has 0 aliphatic carbocycles. The molecule has 0 bridgehead atoms. The lowest BCUT2D eigenvalue weighted by Gasteiger charge is -1.94. The summed E-state index contributed by atoms with van der Waals surface area (Å²) < 4.78 is 0. The van der Waals surface area contributed by atoms with Gasteiger partial charge in [-0.2, -0.15) is 0 Å². The molecule has 0 aromatic carbocycles. The third-order valence-electron chi connectivity index (χ3n) is 1.22. The first-order valence-corrected chi connectivity index (χ1v) is 3.25. The summed E-state index contributed by atoms with van der Waals surface area (Å²) in [6.07, 6.45) is 1.38. The van der Waals surface area contributed by atoms with Crippen LogP contribution in [-0.2, 0) is 0 Å². The van der Waals surface area contributed by atoms with Gasteiger partial charge in [-0.1, -0.05) is 11.6 Å². The minimum absolute atomic E-state index is 0.0440. The SMILES string of the molecule is Cc1ncc(Cl)cc1[N+](=O)[O-]. The van der Waals surface area contributed by atoms with Crippen LogP contribution in [0.2, 0.25) is 5.02 Å². The quantitative estimate of drug-likeness (QED) is 0.481. The number of rotatable bonds is 1. The van der Waals surface area contributed by atoms with Gasteiger partial charge in [-0.25, -0.2) is 0 Å². The summed E-state index contributed by atoms with van der Waals surface area (Å²) in [5, 5.41) is 10.6. The van der Waals surface area contributed by atoms with Crippen LogP contribution in [0.3, 0.4) is 0 Å². The van der Waals surface area contributed by atoms with Crippen LogP contribution in [0.15, 0.2) is 12.3 Å². The van der Waals surface area contributed by atoms with E-state index in [-0.39, 0.29) is 10.7 Å². The molecule has 0 saturated carbocycles. The van der Waals surface area contributed by atoms with Gasteiger partial charge < -0.3 is 0 Å². The fraction of sp³-hybridized carbons (Fsp3) is 0.167. The topological polar surface area (TPSA) is 56.0 Å². The van der Waals surface area contributed by atoms with Crippen LogP contribution >= 0.6 is 11.6 Å². The summed E-state index contributed by atoms with van der Waals surface area (Å²) in [6, 6.07) is 1.28. The molecule has 5 heteroatoms. The van der Waals surface area contributed by atoms with E-state index in [2.05, 4.69) is 4.98 Å². The second kappa shape index (κ2) is 2.84. The molecule has 1 rings (SSSR count). The first-order chi connectivity index (χ1) is 5.11. The van der Waals surface area contributed by atoms with Gasteiger partial charge >= 0.3 is 0 Å². The molecule has 1 aromatic heterocycles. The van der Waals surface area contributed by atoms with Crippen LogP contribution in [-0.4, -0.2) is 9.91 Å². The number of halogens is 1. The Labute approximate surface area is 68.0 Å². The van der Waals surface area contributed by atoms with Crippen LogP contribution in [0.1, 0.15) is 5.69 Å². The highest BCUT2D eigenvalue weighted by molar-refractivity contribution is 6.30. The van der Waals surface area contributed by atoms with Gasteiger partial charge in [-0.15, -0.1) is 0 Å². The van der Waals surface area contributed by atoms with E-state index in [1.54, 1.807) is 6.92 Å². The number of pyridine rings is 1. The molecule has 1 heterocycles. The molecular formula is C6H5ClN2O2. The monoisotopic (exact) mass is 172 g/mol. The van der Waals surface area contributed by atoms with Crippen molar-refractivity contribution in [1.29, 1.82) is 0 Å². The summed E-state index contributed by atoms with van der Waals surface area (Å²) >= 11 is 5.49. The fourth-order valence-electron chi connectivity index (χ4n) is 0.682. The van der Waals surface area contributed by atoms with E-state index in [9.17, 15) is 10.1 Å². The highest BCUT2D eigenvalue weighted by atomic mass is 35.5. The zero-order valence-corrected chi connectivity index (χ0v) is 6.50. The number of nitrogens with zero attached hydrogens (tertiary/aromatic N) is 2. The third kappa shape index (κ3) is 1.65. The van der Waals surface area contributed by atoms with Crippen molar-refractivity contribution >= 4 is 17.3 Å². The number of aryl methyl sites for hydroxylation is 1.